The molecule has 1 unspecified atom stereocenters. The minimum absolute atomic E-state index is 0.0581. The molecule has 3 nitrogen and oxygen atoms in total. The first kappa shape index (κ1) is 12.3. The van der Waals surface area contributed by atoms with Crippen molar-refractivity contribution in [1.82, 2.24) is 5.32 Å². The van der Waals surface area contributed by atoms with Gasteiger partial charge in [0.05, 0.1) is 6.07 Å². The van der Waals surface area contributed by atoms with Gasteiger partial charge in [0.2, 0.25) is 5.91 Å². The predicted octanol–water partition coefficient (Wildman–Crippen LogP) is 2.56. The molecule has 0 aliphatic carbocycles. The van der Waals surface area contributed by atoms with E-state index in [1.165, 1.54) is 0 Å². The Morgan fingerprint density at radius 3 is 2.69 bits per heavy atom. The highest BCUT2D eigenvalue weighted by molar-refractivity contribution is 5.76. The van der Waals surface area contributed by atoms with Crippen LogP contribution < -0.4 is 5.32 Å². The molecular weight excluding hydrogens is 200 g/mol. The summed E-state index contributed by atoms with van der Waals surface area (Å²) in [7, 11) is 0. The van der Waals surface area contributed by atoms with Gasteiger partial charge in [-0.25, -0.2) is 0 Å². The van der Waals surface area contributed by atoms with Crippen molar-refractivity contribution in [2.24, 2.45) is 0 Å². The first-order valence-corrected chi connectivity index (χ1v) is 5.52. The van der Waals surface area contributed by atoms with Crippen molar-refractivity contribution in [3.8, 4) is 6.07 Å². The maximum atomic E-state index is 11.5. The number of nitriles is 1. The minimum Gasteiger partial charge on any atom is -0.337 e. The standard InChI is InChI=1S/C13H16N2O/c1-2-3-9-13(16)15-12(10-14)11-7-5-4-6-8-11/h4-8,12H,2-3,9H2,1H3,(H,15,16). The maximum absolute atomic E-state index is 11.5. The lowest BCUT2D eigenvalue weighted by Crippen LogP contribution is -2.27. The van der Waals surface area contributed by atoms with Crippen LogP contribution in [0.3, 0.4) is 0 Å². The van der Waals surface area contributed by atoms with Crippen molar-refractivity contribution < 1.29 is 4.79 Å². The van der Waals surface area contributed by atoms with Crippen LogP contribution in [0.4, 0.5) is 0 Å². The summed E-state index contributed by atoms with van der Waals surface area (Å²) in [4.78, 5) is 11.5. The molecule has 1 atom stereocenters. The fraction of sp³-hybridized carbons (Fsp3) is 0.385. The van der Waals surface area contributed by atoms with Crippen LogP contribution in [0.25, 0.3) is 0 Å². The molecule has 0 heterocycles. The van der Waals surface area contributed by atoms with Gasteiger partial charge in [0.1, 0.15) is 6.04 Å². The van der Waals surface area contributed by atoms with Gasteiger partial charge < -0.3 is 5.32 Å². The Morgan fingerprint density at radius 2 is 2.12 bits per heavy atom. The van der Waals surface area contributed by atoms with Gasteiger partial charge in [-0.1, -0.05) is 43.7 Å². The van der Waals surface area contributed by atoms with Gasteiger partial charge in [0, 0.05) is 6.42 Å². The Bertz CT molecular complexity index is 367. The fourth-order valence-corrected chi connectivity index (χ4v) is 1.41. The molecule has 0 aliphatic rings. The normalized spacial score (nSPS) is 11.5. The second-order valence-electron chi connectivity index (χ2n) is 3.64. The predicted molar refractivity (Wildman–Crippen MR) is 62.5 cm³/mol. The summed E-state index contributed by atoms with van der Waals surface area (Å²) < 4.78 is 0. The van der Waals surface area contributed by atoms with Crippen molar-refractivity contribution in [3.63, 3.8) is 0 Å². The summed E-state index contributed by atoms with van der Waals surface area (Å²) in [6, 6.07) is 10.8. The first-order chi connectivity index (χ1) is 7.77. The molecule has 0 saturated carbocycles. The van der Waals surface area contributed by atoms with E-state index in [0.29, 0.717) is 6.42 Å². The van der Waals surface area contributed by atoms with Gasteiger partial charge in [0.15, 0.2) is 0 Å². The van der Waals surface area contributed by atoms with E-state index in [1.807, 2.05) is 37.3 Å². The van der Waals surface area contributed by atoms with Crippen molar-refractivity contribution >= 4 is 5.91 Å². The van der Waals surface area contributed by atoms with E-state index in [0.717, 1.165) is 18.4 Å². The zero-order valence-corrected chi connectivity index (χ0v) is 9.44. The second kappa shape index (κ2) is 6.62. The summed E-state index contributed by atoms with van der Waals surface area (Å²) in [5.74, 6) is -0.0581. The molecule has 3 heteroatoms. The van der Waals surface area contributed by atoms with E-state index < -0.39 is 6.04 Å². The van der Waals surface area contributed by atoms with Gasteiger partial charge in [-0.2, -0.15) is 5.26 Å². The van der Waals surface area contributed by atoms with Crippen LogP contribution in [0.5, 0.6) is 0 Å². The zero-order valence-electron chi connectivity index (χ0n) is 9.44. The maximum Gasteiger partial charge on any atom is 0.221 e. The summed E-state index contributed by atoms with van der Waals surface area (Å²) in [6.45, 7) is 2.03. The number of rotatable bonds is 5. The van der Waals surface area contributed by atoms with E-state index in [4.69, 9.17) is 5.26 Å². The van der Waals surface area contributed by atoms with Gasteiger partial charge in [-0.05, 0) is 12.0 Å². The zero-order chi connectivity index (χ0) is 11.8. The van der Waals surface area contributed by atoms with Crippen molar-refractivity contribution in [3.05, 3.63) is 35.9 Å². The van der Waals surface area contributed by atoms with Crippen LogP contribution in [0.15, 0.2) is 30.3 Å². The molecule has 0 bridgehead atoms. The number of nitrogens with zero attached hydrogens (tertiary/aromatic N) is 1. The lowest BCUT2D eigenvalue weighted by molar-refractivity contribution is -0.121. The first-order valence-electron chi connectivity index (χ1n) is 5.52. The average molecular weight is 216 g/mol. The average Bonchev–Trinajstić information content (AvgIpc) is 2.34. The summed E-state index contributed by atoms with van der Waals surface area (Å²) in [6.07, 6.45) is 2.33. The van der Waals surface area contributed by atoms with E-state index >= 15 is 0 Å². The highest BCUT2D eigenvalue weighted by Gasteiger charge is 2.12. The highest BCUT2D eigenvalue weighted by Crippen LogP contribution is 2.11. The molecule has 0 radical (unpaired) electrons. The Labute approximate surface area is 96.1 Å². The Balaban J connectivity index is 2.57. The van der Waals surface area contributed by atoms with Crippen LogP contribution in [0.2, 0.25) is 0 Å². The lowest BCUT2D eigenvalue weighted by atomic mass is 10.1. The number of carbonyl (C=O) groups excluding carboxylic acids is 1. The van der Waals surface area contributed by atoms with Crippen molar-refractivity contribution in [2.45, 2.75) is 32.2 Å². The molecule has 1 rings (SSSR count). The molecule has 0 saturated heterocycles. The SMILES string of the molecule is CCCCC(=O)NC(C#N)c1ccccc1. The largest absolute Gasteiger partial charge is 0.337 e. The molecule has 1 aromatic rings. The van der Waals surface area contributed by atoms with E-state index in [1.54, 1.807) is 0 Å². The van der Waals surface area contributed by atoms with Crippen LogP contribution in [0, 0.1) is 11.3 Å². The van der Waals surface area contributed by atoms with Crippen molar-refractivity contribution in [2.75, 3.05) is 0 Å². The molecule has 0 aliphatic heterocycles. The highest BCUT2D eigenvalue weighted by atomic mass is 16.1. The summed E-state index contributed by atoms with van der Waals surface area (Å²) in [5.41, 5.74) is 0.829. The molecule has 84 valence electrons. The fourth-order valence-electron chi connectivity index (χ4n) is 1.41. The minimum atomic E-state index is -0.537. The third kappa shape index (κ3) is 3.74. The molecule has 1 aromatic carbocycles. The van der Waals surface area contributed by atoms with Gasteiger partial charge in [-0.3, -0.25) is 4.79 Å². The molecule has 0 fully saturated rings. The number of unbranched alkanes of at least 4 members (excludes halogenated alkanes) is 1. The second-order valence-corrected chi connectivity index (χ2v) is 3.64. The molecular formula is C13H16N2O. The molecule has 1 amide bonds. The summed E-state index contributed by atoms with van der Waals surface area (Å²) >= 11 is 0. The lowest BCUT2D eigenvalue weighted by Gasteiger charge is -2.11. The third-order valence-electron chi connectivity index (χ3n) is 2.32. The topological polar surface area (TPSA) is 52.9 Å². The molecule has 0 spiro atoms. The Hall–Kier alpha value is -1.82. The third-order valence-corrected chi connectivity index (χ3v) is 2.32. The van der Waals surface area contributed by atoms with E-state index in [-0.39, 0.29) is 5.91 Å². The van der Waals surface area contributed by atoms with Crippen LogP contribution >= 0.6 is 0 Å². The number of hydrogen-bond donors (Lipinski definition) is 1. The van der Waals surface area contributed by atoms with E-state index in [9.17, 15) is 4.79 Å². The van der Waals surface area contributed by atoms with Gasteiger partial charge in [0.25, 0.3) is 0 Å². The van der Waals surface area contributed by atoms with Gasteiger partial charge >= 0.3 is 0 Å². The van der Waals surface area contributed by atoms with Crippen LogP contribution in [-0.4, -0.2) is 5.91 Å². The van der Waals surface area contributed by atoms with Gasteiger partial charge in [-0.15, -0.1) is 0 Å². The van der Waals surface area contributed by atoms with Crippen LogP contribution in [-0.2, 0) is 4.79 Å². The Kier molecular flexibility index (Phi) is 5.07. The smallest absolute Gasteiger partial charge is 0.221 e. The quantitative estimate of drug-likeness (QED) is 0.822. The monoisotopic (exact) mass is 216 g/mol. The number of benzene rings is 1. The number of nitrogens with one attached hydrogen (secondary N) is 1. The van der Waals surface area contributed by atoms with Crippen molar-refractivity contribution in [1.29, 1.82) is 5.26 Å². The molecule has 16 heavy (non-hydrogen) atoms. The van der Waals surface area contributed by atoms with E-state index in [2.05, 4.69) is 11.4 Å². The summed E-state index contributed by atoms with van der Waals surface area (Å²) in [5, 5.41) is 11.7. The molecule has 0 aromatic heterocycles. The van der Waals surface area contributed by atoms with Crippen LogP contribution in [0.1, 0.15) is 37.8 Å². The molecule has 1 N–H and O–H groups in total. The number of carbonyl (C=O) groups is 1. The Morgan fingerprint density at radius 1 is 1.44 bits per heavy atom. The number of hydrogen-bond acceptors (Lipinski definition) is 2. The number of amides is 1.